The van der Waals surface area contributed by atoms with E-state index in [0.717, 1.165) is 11.4 Å². The Morgan fingerprint density at radius 3 is 2.30 bits per heavy atom. The number of hydrogen-bond donors (Lipinski definition) is 0. The van der Waals surface area contributed by atoms with Crippen molar-refractivity contribution in [3.63, 3.8) is 0 Å². The third kappa shape index (κ3) is 5.33. The zero-order valence-electron chi connectivity index (χ0n) is 17.4. The number of thioether (sulfide) groups is 1. The number of aromatic nitrogens is 3. The Morgan fingerprint density at radius 2 is 1.67 bits per heavy atom. The van der Waals surface area contributed by atoms with Crippen molar-refractivity contribution in [3.8, 4) is 17.2 Å². The second kappa shape index (κ2) is 10.7. The number of carbonyl (C=O) groups is 1. The molecule has 0 atom stereocenters. The van der Waals surface area contributed by atoms with Crippen LogP contribution >= 0.6 is 11.8 Å². The third-order valence-corrected chi connectivity index (χ3v) is 5.50. The molecule has 1 aromatic heterocycles. The molecule has 0 aliphatic rings. The first kappa shape index (κ1) is 21.7. The highest BCUT2D eigenvalue weighted by Crippen LogP contribution is 2.24. The fourth-order valence-corrected chi connectivity index (χ4v) is 3.81. The van der Waals surface area contributed by atoms with Crippen LogP contribution in [0.1, 0.15) is 19.7 Å². The molecule has 30 heavy (non-hydrogen) atoms. The average molecular weight is 427 g/mol. The van der Waals surface area contributed by atoms with Gasteiger partial charge in [0.2, 0.25) is 5.91 Å². The van der Waals surface area contributed by atoms with E-state index in [4.69, 9.17) is 9.47 Å². The molecule has 1 amide bonds. The van der Waals surface area contributed by atoms with Crippen LogP contribution in [0.2, 0.25) is 0 Å². The van der Waals surface area contributed by atoms with Gasteiger partial charge in [-0.3, -0.25) is 9.36 Å². The Balaban J connectivity index is 1.78. The Hall–Kier alpha value is -3.00. The lowest BCUT2D eigenvalue weighted by atomic mass is 10.3. The monoisotopic (exact) mass is 426 g/mol. The van der Waals surface area contributed by atoms with Crippen LogP contribution < -0.4 is 9.47 Å². The number of rotatable bonds is 10. The molecule has 1 heterocycles. The summed E-state index contributed by atoms with van der Waals surface area (Å²) in [5.41, 5.74) is 0.925. The summed E-state index contributed by atoms with van der Waals surface area (Å²) in [4.78, 5) is 14.2. The minimum Gasteiger partial charge on any atom is -0.497 e. The Labute approximate surface area is 181 Å². The van der Waals surface area contributed by atoms with Crippen molar-refractivity contribution in [1.29, 1.82) is 0 Å². The van der Waals surface area contributed by atoms with Crippen LogP contribution in [0.4, 0.5) is 0 Å². The van der Waals surface area contributed by atoms with Crippen LogP contribution in [-0.2, 0) is 11.4 Å². The first-order chi connectivity index (χ1) is 14.7. The van der Waals surface area contributed by atoms with Gasteiger partial charge < -0.3 is 14.4 Å². The van der Waals surface area contributed by atoms with Gasteiger partial charge in [-0.2, -0.15) is 0 Å². The van der Waals surface area contributed by atoms with Crippen LogP contribution in [0.5, 0.6) is 11.5 Å². The minimum absolute atomic E-state index is 0.0867. The topological polar surface area (TPSA) is 69.5 Å². The average Bonchev–Trinajstić information content (AvgIpc) is 3.20. The van der Waals surface area contributed by atoms with Crippen molar-refractivity contribution in [2.45, 2.75) is 25.6 Å². The second-order valence-electron chi connectivity index (χ2n) is 6.39. The summed E-state index contributed by atoms with van der Waals surface area (Å²) >= 11 is 1.38. The fraction of sp³-hybridized carbons (Fsp3) is 0.318. The van der Waals surface area contributed by atoms with Crippen molar-refractivity contribution >= 4 is 17.7 Å². The van der Waals surface area contributed by atoms with Crippen LogP contribution in [0.15, 0.2) is 59.8 Å². The highest BCUT2D eigenvalue weighted by atomic mass is 32.2. The van der Waals surface area contributed by atoms with Gasteiger partial charge >= 0.3 is 0 Å². The van der Waals surface area contributed by atoms with Crippen molar-refractivity contribution in [3.05, 3.63) is 60.4 Å². The second-order valence-corrected chi connectivity index (χ2v) is 7.33. The molecule has 0 fully saturated rings. The predicted molar refractivity (Wildman–Crippen MR) is 117 cm³/mol. The highest BCUT2D eigenvalue weighted by Gasteiger charge is 2.18. The largest absolute Gasteiger partial charge is 0.497 e. The molecule has 0 spiro atoms. The third-order valence-electron chi connectivity index (χ3n) is 4.58. The molecule has 3 rings (SSSR count). The van der Waals surface area contributed by atoms with E-state index in [0.29, 0.717) is 35.6 Å². The fourth-order valence-electron chi connectivity index (χ4n) is 2.94. The van der Waals surface area contributed by atoms with Crippen LogP contribution in [0.3, 0.4) is 0 Å². The maximum Gasteiger partial charge on any atom is 0.233 e. The van der Waals surface area contributed by atoms with E-state index in [1.54, 1.807) is 7.11 Å². The van der Waals surface area contributed by atoms with Gasteiger partial charge in [-0.25, -0.2) is 0 Å². The van der Waals surface area contributed by atoms with Gasteiger partial charge in [0.05, 0.1) is 12.9 Å². The molecule has 0 aliphatic heterocycles. The molecule has 3 aromatic rings. The summed E-state index contributed by atoms with van der Waals surface area (Å²) in [5, 5.41) is 9.30. The van der Waals surface area contributed by atoms with Gasteiger partial charge in [0, 0.05) is 18.8 Å². The quantitative estimate of drug-likeness (QED) is 0.459. The summed E-state index contributed by atoms with van der Waals surface area (Å²) < 4.78 is 13.0. The van der Waals surface area contributed by atoms with Crippen LogP contribution in [0.25, 0.3) is 5.69 Å². The molecule has 158 valence electrons. The summed E-state index contributed by atoms with van der Waals surface area (Å²) in [6.07, 6.45) is 0. The van der Waals surface area contributed by atoms with E-state index >= 15 is 0 Å². The minimum atomic E-state index is 0.0867. The van der Waals surface area contributed by atoms with Gasteiger partial charge in [-0.05, 0) is 50.2 Å². The van der Waals surface area contributed by atoms with Crippen molar-refractivity contribution in [2.75, 3.05) is 26.0 Å². The lowest BCUT2D eigenvalue weighted by Crippen LogP contribution is -2.31. The zero-order valence-corrected chi connectivity index (χ0v) is 18.3. The number of nitrogens with zero attached hydrogens (tertiary/aromatic N) is 4. The number of hydrogen-bond acceptors (Lipinski definition) is 6. The Morgan fingerprint density at radius 1 is 1.00 bits per heavy atom. The molecule has 0 radical (unpaired) electrons. The van der Waals surface area contributed by atoms with E-state index in [1.165, 1.54) is 11.8 Å². The Bertz CT molecular complexity index is 941. The smallest absolute Gasteiger partial charge is 0.233 e. The SMILES string of the molecule is CCN(CC)C(=O)CSc1nnc(COc2ccc(OC)cc2)n1-c1ccccc1. The molecule has 0 unspecified atom stereocenters. The van der Waals surface area contributed by atoms with Gasteiger partial charge in [0.15, 0.2) is 11.0 Å². The number of amides is 1. The molecule has 0 saturated heterocycles. The number of ether oxygens (including phenoxy) is 2. The molecule has 0 aliphatic carbocycles. The highest BCUT2D eigenvalue weighted by molar-refractivity contribution is 7.99. The van der Waals surface area contributed by atoms with E-state index in [-0.39, 0.29) is 12.5 Å². The van der Waals surface area contributed by atoms with Gasteiger partial charge in [0.1, 0.15) is 18.1 Å². The van der Waals surface area contributed by atoms with Crippen LogP contribution in [0, 0.1) is 0 Å². The van der Waals surface area contributed by atoms with E-state index in [9.17, 15) is 4.79 Å². The van der Waals surface area contributed by atoms with E-state index in [2.05, 4.69) is 10.2 Å². The number of methoxy groups -OCH3 is 1. The molecular formula is C22H26N4O3S. The standard InChI is InChI=1S/C22H26N4O3S/c1-4-25(5-2)21(27)16-30-22-24-23-20(26(22)17-9-7-6-8-10-17)15-29-19-13-11-18(28-3)12-14-19/h6-14H,4-5,15-16H2,1-3H3. The maximum absolute atomic E-state index is 12.4. The van der Waals surface area contributed by atoms with E-state index < -0.39 is 0 Å². The summed E-state index contributed by atoms with van der Waals surface area (Å²) in [7, 11) is 1.63. The first-order valence-corrected chi connectivity index (χ1v) is 10.8. The van der Waals surface area contributed by atoms with E-state index in [1.807, 2.05) is 77.9 Å². The molecule has 2 aromatic carbocycles. The van der Waals surface area contributed by atoms with Crippen molar-refractivity contribution < 1.29 is 14.3 Å². The molecule has 8 heteroatoms. The number of para-hydroxylation sites is 1. The van der Waals surface area contributed by atoms with Gasteiger partial charge in [-0.1, -0.05) is 30.0 Å². The summed E-state index contributed by atoms with van der Waals surface area (Å²) in [6.45, 7) is 5.60. The Kier molecular flexibility index (Phi) is 7.73. The predicted octanol–water partition coefficient (Wildman–Crippen LogP) is 3.82. The number of carbonyl (C=O) groups excluding carboxylic acids is 1. The summed E-state index contributed by atoms with van der Waals surface area (Å²) in [5.74, 6) is 2.54. The van der Waals surface area contributed by atoms with Crippen molar-refractivity contribution in [1.82, 2.24) is 19.7 Å². The molecule has 7 nitrogen and oxygen atoms in total. The molecule has 0 bridgehead atoms. The van der Waals surface area contributed by atoms with Crippen LogP contribution in [-0.4, -0.2) is 51.5 Å². The van der Waals surface area contributed by atoms with Gasteiger partial charge in [-0.15, -0.1) is 10.2 Å². The molecular weight excluding hydrogens is 400 g/mol. The van der Waals surface area contributed by atoms with Crippen molar-refractivity contribution in [2.24, 2.45) is 0 Å². The molecule has 0 N–H and O–H groups in total. The normalized spacial score (nSPS) is 10.6. The van der Waals surface area contributed by atoms with Gasteiger partial charge in [0.25, 0.3) is 0 Å². The zero-order chi connectivity index (χ0) is 21.3. The lowest BCUT2D eigenvalue weighted by Gasteiger charge is -2.18. The first-order valence-electron chi connectivity index (χ1n) is 9.83. The molecule has 0 saturated carbocycles. The number of benzene rings is 2. The lowest BCUT2D eigenvalue weighted by molar-refractivity contribution is -0.127. The summed E-state index contributed by atoms with van der Waals surface area (Å²) in [6, 6.07) is 17.2. The maximum atomic E-state index is 12.4.